The molecule has 0 aromatic rings. The SMILES string of the molecule is CCCCCCN[C@@H]1C=C[C@H](O)[C@H](O)[C@H]1O.Cl. The quantitative estimate of drug-likeness (QED) is 0.419. The van der Waals surface area contributed by atoms with Crippen LogP contribution in [0.5, 0.6) is 0 Å². The molecular weight excluding hydrogens is 242 g/mol. The average Bonchev–Trinajstić information content (AvgIpc) is 2.28. The Morgan fingerprint density at radius 3 is 2.35 bits per heavy atom. The lowest BCUT2D eigenvalue weighted by atomic mass is 9.94. The minimum Gasteiger partial charge on any atom is -0.388 e. The summed E-state index contributed by atoms with van der Waals surface area (Å²) < 4.78 is 0. The van der Waals surface area contributed by atoms with Crippen molar-refractivity contribution in [1.82, 2.24) is 5.32 Å². The van der Waals surface area contributed by atoms with Crippen molar-refractivity contribution in [3.63, 3.8) is 0 Å². The van der Waals surface area contributed by atoms with Crippen LogP contribution in [0.2, 0.25) is 0 Å². The fourth-order valence-corrected chi connectivity index (χ4v) is 1.88. The van der Waals surface area contributed by atoms with Crippen LogP contribution in [-0.4, -0.2) is 46.2 Å². The summed E-state index contributed by atoms with van der Waals surface area (Å²) in [7, 11) is 0. The van der Waals surface area contributed by atoms with Crippen molar-refractivity contribution in [1.29, 1.82) is 0 Å². The number of aliphatic hydroxyl groups excluding tert-OH is 3. The molecule has 4 N–H and O–H groups in total. The molecule has 17 heavy (non-hydrogen) atoms. The maximum absolute atomic E-state index is 9.69. The number of unbranched alkanes of at least 4 members (excludes halogenated alkanes) is 3. The Labute approximate surface area is 109 Å². The van der Waals surface area contributed by atoms with E-state index >= 15 is 0 Å². The first-order chi connectivity index (χ1) is 7.66. The van der Waals surface area contributed by atoms with Crippen LogP contribution in [0, 0.1) is 0 Å². The van der Waals surface area contributed by atoms with E-state index in [1.54, 1.807) is 6.08 Å². The van der Waals surface area contributed by atoms with Gasteiger partial charge in [-0.2, -0.15) is 0 Å². The lowest BCUT2D eigenvalue weighted by molar-refractivity contribution is -0.0564. The summed E-state index contributed by atoms with van der Waals surface area (Å²) in [5.74, 6) is 0. The molecule has 5 heteroatoms. The molecule has 0 bridgehead atoms. The highest BCUT2D eigenvalue weighted by molar-refractivity contribution is 5.85. The molecule has 0 amide bonds. The first-order valence-electron chi connectivity index (χ1n) is 6.12. The minimum atomic E-state index is -1.09. The number of nitrogens with one attached hydrogen (secondary N) is 1. The summed E-state index contributed by atoms with van der Waals surface area (Å²) in [6.45, 7) is 2.99. The number of rotatable bonds is 6. The van der Waals surface area contributed by atoms with Crippen molar-refractivity contribution in [2.45, 2.75) is 57.0 Å². The zero-order chi connectivity index (χ0) is 12.0. The smallest absolute Gasteiger partial charge is 0.111 e. The lowest BCUT2D eigenvalue weighted by Crippen LogP contribution is -2.52. The molecule has 0 spiro atoms. The van der Waals surface area contributed by atoms with Gasteiger partial charge in [0, 0.05) is 0 Å². The monoisotopic (exact) mass is 265 g/mol. The van der Waals surface area contributed by atoms with E-state index in [-0.39, 0.29) is 18.4 Å². The van der Waals surface area contributed by atoms with Crippen LogP contribution in [0.15, 0.2) is 12.2 Å². The standard InChI is InChI=1S/C12H23NO3.ClH/c1-2-3-4-5-8-13-9-6-7-10(14)12(16)11(9)15;/h6-7,9-16H,2-5,8H2,1H3;1H/t9-,10+,11+,12+;/m1./s1. The largest absolute Gasteiger partial charge is 0.388 e. The first-order valence-corrected chi connectivity index (χ1v) is 6.12. The van der Waals surface area contributed by atoms with Crippen molar-refractivity contribution in [3.05, 3.63) is 12.2 Å². The van der Waals surface area contributed by atoms with Crippen LogP contribution in [0.3, 0.4) is 0 Å². The molecule has 1 rings (SSSR count). The maximum Gasteiger partial charge on any atom is 0.111 e. The number of halogens is 1. The molecule has 1 aliphatic carbocycles. The van der Waals surface area contributed by atoms with Gasteiger partial charge in [-0.1, -0.05) is 38.3 Å². The zero-order valence-corrected chi connectivity index (χ0v) is 11.1. The van der Waals surface area contributed by atoms with Gasteiger partial charge in [-0.25, -0.2) is 0 Å². The molecule has 0 aromatic heterocycles. The lowest BCUT2D eigenvalue weighted by Gasteiger charge is -2.31. The molecule has 102 valence electrons. The molecule has 4 nitrogen and oxygen atoms in total. The minimum absolute atomic E-state index is 0. The fourth-order valence-electron chi connectivity index (χ4n) is 1.88. The van der Waals surface area contributed by atoms with Gasteiger partial charge in [0.2, 0.25) is 0 Å². The van der Waals surface area contributed by atoms with Gasteiger partial charge in [0.05, 0.1) is 6.04 Å². The molecule has 0 radical (unpaired) electrons. The second-order valence-electron chi connectivity index (χ2n) is 4.40. The van der Waals surface area contributed by atoms with E-state index in [1.807, 2.05) is 0 Å². The van der Waals surface area contributed by atoms with Crippen molar-refractivity contribution < 1.29 is 15.3 Å². The molecule has 0 fully saturated rings. The van der Waals surface area contributed by atoms with Crippen molar-refractivity contribution in [3.8, 4) is 0 Å². The molecule has 1 aliphatic rings. The van der Waals surface area contributed by atoms with Gasteiger partial charge in [-0.15, -0.1) is 12.4 Å². The molecule has 0 unspecified atom stereocenters. The van der Waals surface area contributed by atoms with E-state index < -0.39 is 18.3 Å². The van der Waals surface area contributed by atoms with Crippen LogP contribution in [0.25, 0.3) is 0 Å². The highest BCUT2D eigenvalue weighted by Crippen LogP contribution is 2.13. The van der Waals surface area contributed by atoms with E-state index in [2.05, 4.69) is 12.2 Å². The predicted molar refractivity (Wildman–Crippen MR) is 70.3 cm³/mol. The summed E-state index contributed by atoms with van der Waals surface area (Å²) in [6.07, 6.45) is 4.98. The molecule has 4 atom stereocenters. The summed E-state index contributed by atoms with van der Waals surface area (Å²) >= 11 is 0. The summed E-state index contributed by atoms with van der Waals surface area (Å²) in [5, 5.41) is 31.6. The molecule has 0 aliphatic heterocycles. The second kappa shape index (κ2) is 8.89. The Hall–Kier alpha value is -0.130. The third-order valence-corrected chi connectivity index (χ3v) is 2.99. The Balaban J connectivity index is 0.00000256. The third kappa shape index (κ3) is 5.36. The highest BCUT2D eigenvalue weighted by atomic mass is 35.5. The zero-order valence-electron chi connectivity index (χ0n) is 10.2. The van der Waals surface area contributed by atoms with Crippen LogP contribution in [0.1, 0.15) is 32.6 Å². The van der Waals surface area contributed by atoms with Gasteiger partial charge in [-0.05, 0) is 13.0 Å². The van der Waals surface area contributed by atoms with Gasteiger partial charge in [0.1, 0.15) is 18.3 Å². The van der Waals surface area contributed by atoms with Gasteiger partial charge < -0.3 is 20.6 Å². The number of aliphatic hydroxyl groups is 3. The second-order valence-corrected chi connectivity index (χ2v) is 4.40. The van der Waals surface area contributed by atoms with Gasteiger partial charge in [-0.3, -0.25) is 0 Å². The van der Waals surface area contributed by atoms with E-state index in [0.717, 1.165) is 13.0 Å². The van der Waals surface area contributed by atoms with E-state index in [9.17, 15) is 15.3 Å². The Kier molecular flexibility index (Phi) is 8.82. The summed E-state index contributed by atoms with van der Waals surface area (Å²) in [6, 6.07) is -0.250. The molecule has 0 heterocycles. The van der Waals surface area contributed by atoms with Gasteiger partial charge in [0.25, 0.3) is 0 Å². The van der Waals surface area contributed by atoms with Crippen LogP contribution < -0.4 is 5.32 Å². The number of hydrogen-bond donors (Lipinski definition) is 4. The fraction of sp³-hybridized carbons (Fsp3) is 0.833. The number of hydrogen-bond acceptors (Lipinski definition) is 4. The van der Waals surface area contributed by atoms with Crippen molar-refractivity contribution in [2.75, 3.05) is 6.54 Å². The highest BCUT2D eigenvalue weighted by Gasteiger charge is 2.32. The van der Waals surface area contributed by atoms with E-state index in [0.29, 0.717) is 0 Å². The van der Waals surface area contributed by atoms with Gasteiger partial charge >= 0.3 is 0 Å². The van der Waals surface area contributed by atoms with Crippen molar-refractivity contribution in [2.24, 2.45) is 0 Å². The third-order valence-electron chi connectivity index (χ3n) is 2.99. The van der Waals surface area contributed by atoms with Crippen molar-refractivity contribution >= 4 is 12.4 Å². The molecular formula is C12H24ClNO3. The maximum atomic E-state index is 9.69. The summed E-state index contributed by atoms with van der Waals surface area (Å²) in [5.41, 5.74) is 0. The average molecular weight is 266 g/mol. The van der Waals surface area contributed by atoms with Crippen LogP contribution >= 0.6 is 12.4 Å². The van der Waals surface area contributed by atoms with Crippen LogP contribution in [-0.2, 0) is 0 Å². The normalized spacial score (nSPS) is 32.2. The Bertz CT molecular complexity index is 226. The Morgan fingerprint density at radius 2 is 1.71 bits per heavy atom. The van der Waals surface area contributed by atoms with E-state index in [1.165, 1.54) is 25.3 Å². The topological polar surface area (TPSA) is 72.7 Å². The Morgan fingerprint density at radius 1 is 1.00 bits per heavy atom. The molecule has 0 saturated heterocycles. The van der Waals surface area contributed by atoms with E-state index in [4.69, 9.17) is 0 Å². The van der Waals surface area contributed by atoms with Gasteiger partial charge in [0.15, 0.2) is 0 Å². The first kappa shape index (κ1) is 16.9. The molecule has 0 saturated carbocycles. The molecule has 0 aromatic carbocycles. The predicted octanol–water partition coefficient (Wildman–Crippen LogP) is 0.599. The summed E-state index contributed by atoms with van der Waals surface area (Å²) in [4.78, 5) is 0. The van der Waals surface area contributed by atoms with Crippen LogP contribution in [0.4, 0.5) is 0 Å².